The zero-order valence-electron chi connectivity index (χ0n) is 17.4. The molecule has 4 rings (SSSR count). The van der Waals surface area contributed by atoms with Gasteiger partial charge in [-0.15, -0.1) is 13.2 Å². The van der Waals surface area contributed by atoms with Crippen molar-refractivity contribution in [2.75, 3.05) is 11.8 Å². The van der Waals surface area contributed by atoms with E-state index < -0.39 is 22.1 Å². The summed E-state index contributed by atoms with van der Waals surface area (Å²) in [5, 5.41) is 2.28. The van der Waals surface area contributed by atoms with E-state index >= 15 is 0 Å². The lowest BCUT2D eigenvalue weighted by Gasteiger charge is -2.14. The molecule has 0 aliphatic rings. The number of halogens is 4. The van der Waals surface area contributed by atoms with Crippen molar-refractivity contribution in [1.29, 1.82) is 0 Å². The Balaban J connectivity index is 1.65. The first-order valence-electron chi connectivity index (χ1n) is 9.67. The van der Waals surface area contributed by atoms with Gasteiger partial charge >= 0.3 is 6.36 Å². The Bertz CT molecular complexity index is 1460. The number of alkyl halides is 3. The minimum Gasteiger partial charge on any atom is -0.495 e. The third-order valence-corrected chi connectivity index (χ3v) is 6.43. The molecule has 34 heavy (non-hydrogen) atoms. The maximum Gasteiger partial charge on any atom is 0.573 e. The minimum absolute atomic E-state index is 0.139. The van der Waals surface area contributed by atoms with E-state index in [2.05, 4.69) is 14.4 Å². The molecule has 0 fully saturated rings. The van der Waals surface area contributed by atoms with E-state index in [1.807, 2.05) is 12.1 Å². The fraction of sp³-hybridized carbons (Fsp3) is 0.0870. The molecule has 176 valence electrons. The summed E-state index contributed by atoms with van der Waals surface area (Å²) in [5.41, 5.74) is 1.44. The summed E-state index contributed by atoms with van der Waals surface area (Å²) in [6, 6.07) is 15.9. The third kappa shape index (κ3) is 5.18. The van der Waals surface area contributed by atoms with Crippen molar-refractivity contribution >= 4 is 38.1 Å². The van der Waals surface area contributed by atoms with Crippen LogP contribution in [0, 0.1) is 0 Å². The van der Waals surface area contributed by atoms with Crippen LogP contribution in [0.25, 0.3) is 22.0 Å². The highest BCUT2D eigenvalue weighted by molar-refractivity contribution is 7.92. The summed E-state index contributed by atoms with van der Waals surface area (Å²) in [6.07, 6.45) is -3.22. The molecule has 1 heterocycles. The van der Waals surface area contributed by atoms with Crippen LogP contribution in [0.15, 0.2) is 77.8 Å². The number of methoxy groups -OCH3 is 1. The van der Waals surface area contributed by atoms with E-state index in [9.17, 15) is 21.6 Å². The Hall–Kier alpha value is -3.50. The predicted molar refractivity (Wildman–Crippen MR) is 123 cm³/mol. The molecule has 11 heteroatoms. The predicted octanol–water partition coefficient (Wildman–Crippen LogP) is 6.26. The van der Waals surface area contributed by atoms with Crippen molar-refractivity contribution in [2.45, 2.75) is 11.3 Å². The number of sulfonamides is 1. The third-order valence-electron chi connectivity index (χ3n) is 4.82. The molecular weight excluding hydrogens is 493 g/mol. The van der Waals surface area contributed by atoms with Gasteiger partial charge in [0.05, 0.1) is 23.4 Å². The van der Waals surface area contributed by atoms with Gasteiger partial charge in [-0.25, -0.2) is 8.42 Å². The molecule has 0 unspecified atom stereocenters. The first-order chi connectivity index (χ1) is 16.1. The molecule has 6 nitrogen and oxygen atoms in total. The number of anilines is 1. The van der Waals surface area contributed by atoms with E-state index in [-0.39, 0.29) is 16.3 Å². The lowest BCUT2D eigenvalue weighted by molar-refractivity contribution is -0.274. The number of benzene rings is 3. The largest absolute Gasteiger partial charge is 0.573 e. The lowest BCUT2D eigenvalue weighted by Crippen LogP contribution is -2.17. The number of ether oxygens (including phenoxy) is 2. The number of hydrogen-bond donors (Lipinski definition) is 1. The van der Waals surface area contributed by atoms with Gasteiger partial charge in [0.15, 0.2) is 0 Å². The quantitative estimate of drug-likeness (QED) is 0.332. The average molecular weight is 509 g/mol. The molecule has 3 aromatic carbocycles. The maximum absolute atomic E-state index is 12.8. The van der Waals surface area contributed by atoms with Gasteiger partial charge in [-0.05, 0) is 60.0 Å². The number of aromatic nitrogens is 1. The number of nitrogens with zero attached hydrogens (tertiary/aromatic N) is 1. The van der Waals surface area contributed by atoms with Crippen LogP contribution in [-0.2, 0) is 10.0 Å². The van der Waals surface area contributed by atoms with E-state index in [1.165, 1.54) is 13.2 Å². The van der Waals surface area contributed by atoms with Crippen molar-refractivity contribution in [3.63, 3.8) is 0 Å². The second-order valence-corrected chi connectivity index (χ2v) is 9.18. The molecule has 0 saturated heterocycles. The molecular formula is C23H16ClF3N2O4S. The van der Waals surface area contributed by atoms with Crippen molar-refractivity contribution in [3.8, 4) is 22.8 Å². The SMILES string of the molecule is COc1cc(-c2nccc3ccc(Cl)cc23)ccc1NS(=O)(=O)c1ccc(OC(F)(F)F)cc1. The van der Waals surface area contributed by atoms with Crippen molar-refractivity contribution in [1.82, 2.24) is 4.98 Å². The first-order valence-corrected chi connectivity index (χ1v) is 11.5. The van der Waals surface area contributed by atoms with Crippen LogP contribution >= 0.6 is 11.6 Å². The van der Waals surface area contributed by atoms with Crippen LogP contribution in [0.4, 0.5) is 18.9 Å². The smallest absolute Gasteiger partial charge is 0.495 e. The number of hydrogen-bond acceptors (Lipinski definition) is 5. The highest BCUT2D eigenvalue weighted by atomic mass is 35.5. The molecule has 0 atom stereocenters. The fourth-order valence-corrected chi connectivity index (χ4v) is 4.56. The molecule has 0 bridgehead atoms. The highest BCUT2D eigenvalue weighted by Gasteiger charge is 2.31. The van der Waals surface area contributed by atoms with Gasteiger partial charge < -0.3 is 9.47 Å². The Morgan fingerprint density at radius 3 is 2.38 bits per heavy atom. The number of fused-ring (bicyclic) bond motifs is 1. The molecule has 1 aromatic heterocycles. The minimum atomic E-state index is -4.88. The molecule has 0 saturated carbocycles. The molecule has 0 amide bonds. The molecule has 0 aliphatic heterocycles. The summed E-state index contributed by atoms with van der Waals surface area (Å²) in [5.74, 6) is -0.310. The van der Waals surface area contributed by atoms with Crippen LogP contribution in [0.5, 0.6) is 11.5 Å². The Kier molecular flexibility index (Phi) is 6.28. The van der Waals surface area contributed by atoms with Crippen LogP contribution in [0.3, 0.4) is 0 Å². The summed E-state index contributed by atoms with van der Waals surface area (Å²) >= 11 is 6.14. The van der Waals surface area contributed by atoms with Gasteiger partial charge in [0, 0.05) is 22.2 Å². The van der Waals surface area contributed by atoms with Crippen LogP contribution in [-0.4, -0.2) is 26.9 Å². The van der Waals surface area contributed by atoms with Gasteiger partial charge in [0.2, 0.25) is 0 Å². The van der Waals surface area contributed by atoms with Gasteiger partial charge in [-0.3, -0.25) is 9.71 Å². The summed E-state index contributed by atoms with van der Waals surface area (Å²) in [4.78, 5) is 4.18. The maximum atomic E-state index is 12.8. The van der Waals surface area contributed by atoms with Crippen molar-refractivity contribution in [2.24, 2.45) is 0 Å². The fourth-order valence-electron chi connectivity index (χ4n) is 3.32. The van der Waals surface area contributed by atoms with Crippen LogP contribution < -0.4 is 14.2 Å². The molecule has 4 aromatic rings. The van der Waals surface area contributed by atoms with Gasteiger partial charge in [0.1, 0.15) is 11.5 Å². The highest BCUT2D eigenvalue weighted by Crippen LogP contribution is 2.35. The van der Waals surface area contributed by atoms with Crippen LogP contribution in [0.1, 0.15) is 0 Å². The second-order valence-electron chi connectivity index (χ2n) is 7.06. The zero-order chi connectivity index (χ0) is 24.5. The normalized spacial score (nSPS) is 11.9. The van der Waals surface area contributed by atoms with Crippen molar-refractivity contribution in [3.05, 3.63) is 77.9 Å². The number of rotatable bonds is 6. The molecule has 1 N–H and O–H groups in total. The summed E-state index contributed by atoms with van der Waals surface area (Å²) in [7, 11) is -2.74. The van der Waals surface area contributed by atoms with Gasteiger partial charge in [0.25, 0.3) is 10.0 Å². The standard InChI is InChI=1S/C23H16ClF3N2O4S/c1-32-21-12-15(22-19-13-16(24)4-2-14(19)10-11-28-22)3-9-20(21)29-34(30,31)18-7-5-17(6-8-18)33-23(25,26)27/h2-13,29H,1H3. The van der Waals surface area contributed by atoms with E-state index in [0.717, 1.165) is 35.0 Å². The molecule has 0 radical (unpaired) electrons. The summed E-state index contributed by atoms with van der Waals surface area (Å²) < 4.78 is 74.1. The first kappa shape index (κ1) is 23.7. The number of nitrogens with one attached hydrogen (secondary N) is 1. The van der Waals surface area contributed by atoms with Gasteiger partial charge in [-0.1, -0.05) is 23.7 Å². The average Bonchev–Trinajstić information content (AvgIpc) is 2.78. The number of pyridine rings is 1. The molecule has 0 spiro atoms. The lowest BCUT2D eigenvalue weighted by atomic mass is 10.0. The topological polar surface area (TPSA) is 77.5 Å². The van der Waals surface area contributed by atoms with Crippen LogP contribution in [0.2, 0.25) is 5.02 Å². The van der Waals surface area contributed by atoms with Gasteiger partial charge in [-0.2, -0.15) is 0 Å². The Morgan fingerprint density at radius 1 is 0.971 bits per heavy atom. The van der Waals surface area contributed by atoms with E-state index in [0.29, 0.717) is 16.3 Å². The van der Waals surface area contributed by atoms with E-state index in [1.54, 1.807) is 30.5 Å². The Morgan fingerprint density at radius 2 is 1.71 bits per heavy atom. The van der Waals surface area contributed by atoms with Crippen molar-refractivity contribution < 1.29 is 31.1 Å². The van der Waals surface area contributed by atoms with E-state index in [4.69, 9.17) is 16.3 Å². The molecule has 0 aliphatic carbocycles. The second kappa shape index (κ2) is 9.03. The monoisotopic (exact) mass is 508 g/mol. The summed E-state index contributed by atoms with van der Waals surface area (Å²) in [6.45, 7) is 0. The zero-order valence-corrected chi connectivity index (χ0v) is 19.0. The Labute approximate surface area is 198 Å².